The molecule has 0 saturated heterocycles. The lowest BCUT2D eigenvalue weighted by Crippen LogP contribution is -2.29. The number of esters is 1. The second-order valence-electron chi connectivity index (χ2n) is 4.05. The fourth-order valence-electron chi connectivity index (χ4n) is 2.12. The molecule has 0 unspecified atom stereocenters. The first-order valence-corrected chi connectivity index (χ1v) is 5.56. The molecule has 0 aromatic carbocycles. The van der Waals surface area contributed by atoms with Crippen molar-refractivity contribution >= 4 is 5.97 Å². The van der Waals surface area contributed by atoms with Crippen LogP contribution < -0.4 is 5.32 Å². The number of carbonyl (C=O) groups is 1. The number of methoxy groups -OCH3 is 1. The Morgan fingerprint density at radius 3 is 2.50 bits per heavy atom. The number of rotatable bonds is 4. The average molecular weight is 199 g/mol. The van der Waals surface area contributed by atoms with Gasteiger partial charge in [-0.3, -0.25) is 4.79 Å². The molecular weight excluding hydrogens is 178 g/mol. The van der Waals surface area contributed by atoms with E-state index in [9.17, 15) is 4.79 Å². The summed E-state index contributed by atoms with van der Waals surface area (Å²) in [6, 6.07) is 0. The van der Waals surface area contributed by atoms with E-state index >= 15 is 0 Å². The zero-order valence-electron chi connectivity index (χ0n) is 9.21. The molecular formula is C11H21NO2. The molecule has 0 aromatic heterocycles. The lowest BCUT2D eigenvalue weighted by Gasteiger charge is -2.26. The first kappa shape index (κ1) is 11.5. The highest BCUT2D eigenvalue weighted by molar-refractivity contribution is 5.72. The number of hydrogen-bond acceptors (Lipinski definition) is 3. The molecule has 0 heterocycles. The van der Waals surface area contributed by atoms with Gasteiger partial charge in [0.05, 0.1) is 13.0 Å². The first-order valence-electron chi connectivity index (χ1n) is 5.56. The highest BCUT2D eigenvalue weighted by Gasteiger charge is 2.26. The molecule has 14 heavy (non-hydrogen) atoms. The SMILES string of the molecule is CCNC[C@H]1CC[C@H](C(=O)OC)CC1. The van der Waals surface area contributed by atoms with E-state index in [0.29, 0.717) is 0 Å². The maximum absolute atomic E-state index is 11.2. The van der Waals surface area contributed by atoms with Crippen LogP contribution in [-0.2, 0) is 9.53 Å². The van der Waals surface area contributed by atoms with Crippen LogP contribution in [0.25, 0.3) is 0 Å². The van der Waals surface area contributed by atoms with Crippen molar-refractivity contribution in [3.63, 3.8) is 0 Å². The van der Waals surface area contributed by atoms with E-state index in [-0.39, 0.29) is 11.9 Å². The summed E-state index contributed by atoms with van der Waals surface area (Å²) in [7, 11) is 1.48. The predicted octanol–water partition coefficient (Wildman–Crippen LogP) is 1.58. The molecule has 1 aliphatic carbocycles. The smallest absolute Gasteiger partial charge is 0.308 e. The summed E-state index contributed by atoms with van der Waals surface area (Å²) in [4.78, 5) is 11.2. The number of ether oxygens (including phenoxy) is 1. The number of carbonyl (C=O) groups excluding carboxylic acids is 1. The summed E-state index contributed by atoms with van der Waals surface area (Å²) in [5.41, 5.74) is 0. The van der Waals surface area contributed by atoms with Crippen molar-refractivity contribution in [3.8, 4) is 0 Å². The second-order valence-corrected chi connectivity index (χ2v) is 4.05. The van der Waals surface area contributed by atoms with Crippen LogP contribution >= 0.6 is 0 Å². The maximum atomic E-state index is 11.2. The maximum Gasteiger partial charge on any atom is 0.308 e. The molecule has 3 nitrogen and oxygen atoms in total. The Labute approximate surface area is 86.2 Å². The van der Waals surface area contributed by atoms with Gasteiger partial charge in [0.25, 0.3) is 0 Å². The average Bonchev–Trinajstić information content (AvgIpc) is 2.26. The van der Waals surface area contributed by atoms with Crippen molar-refractivity contribution in [3.05, 3.63) is 0 Å². The van der Waals surface area contributed by atoms with Gasteiger partial charge in [-0.25, -0.2) is 0 Å². The summed E-state index contributed by atoms with van der Waals surface area (Å²) in [6.07, 6.45) is 4.32. The highest BCUT2D eigenvalue weighted by atomic mass is 16.5. The standard InChI is InChI=1S/C11H21NO2/c1-3-12-8-9-4-6-10(7-5-9)11(13)14-2/h9-10,12H,3-8H2,1-2H3/t9-,10-. The monoisotopic (exact) mass is 199 g/mol. The third kappa shape index (κ3) is 3.29. The van der Waals surface area contributed by atoms with E-state index in [0.717, 1.165) is 44.7 Å². The van der Waals surface area contributed by atoms with Crippen LogP contribution in [0, 0.1) is 11.8 Å². The van der Waals surface area contributed by atoms with Crippen LogP contribution in [0.15, 0.2) is 0 Å². The van der Waals surface area contributed by atoms with Crippen molar-refractivity contribution in [1.29, 1.82) is 0 Å². The van der Waals surface area contributed by atoms with Gasteiger partial charge >= 0.3 is 5.97 Å². The molecule has 1 rings (SSSR count). The van der Waals surface area contributed by atoms with Crippen LogP contribution in [0.4, 0.5) is 0 Å². The lowest BCUT2D eigenvalue weighted by molar-refractivity contribution is -0.146. The first-order chi connectivity index (χ1) is 6.77. The predicted molar refractivity (Wildman–Crippen MR) is 56.0 cm³/mol. The topological polar surface area (TPSA) is 38.3 Å². The molecule has 3 heteroatoms. The Morgan fingerprint density at radius 2 is 2.00 bits per heavy atom. The summed E-state index contributed by atoms with van der Waals surface area (Å²) in [5, 5.41) is 3.36. The molecule has 0 radical (unpaired) electrons. The Hall–Kier alpha value is -0.570. The third-order valence-corrected chi connectivity index (χ3v) is 3.06. The van der Waals surface area contributed by atoms with Crippen molar-refractivity contribution in [2.24, 2.45) is 11.8 Å². The van der Waals surface area contributed by atoms with Gasteiger partial charge in [-0.1, -0.05) is 6.92 Å². The Kier molecular flexibility index (Phi) is 4.94. The van der Waals surface area contributed by atoms with E-state index in [1.54, 1.807) is 0 Å². The second kappa shape index (κ2) is 6.02. The molecule has 0 aromatic rings. The summed E-state index contributed by atoms with van der Waals surface area (Å²) < 4.78 is 4.75. The molecule has 1 aliphatic rings. The van der Waals surface area contributed by atoms with Crippen LogP contribution in [-0.4, -0.2) is 26.2 Å². The van der Waals surface area contributed by atoms with Gasteiger partial charge in [-0.15, -0.1) is 0 Å². The van der Waals surface area contributed by atoms with Gasteiger partial charge in [0.2, 0.25) is 0 Å². The van der Waals surface area contributed by atoms with Crippen molar-refractivity contribution in [2.75, 3.05) is 20.2 Å². The number of nitrogens with one attached hydrogen (secondary N) is 1. The van der Waals surface area contributed by atoms with Gasteiger partial charge in [0.1, 0.15) is 0 Å². The molecule has 0 atom stereocenters. The largest absolute Gasteiger partial charge is 0.469 e. The van der Waals surface area contributed by atoms with Crippen molar-refractivity contribution < 1.29 is 9.53 Å². The lowest BCUT2D eigenvalue weighted by atomic mass is 9.82. The molecule has 0 bridgehead atoms. The van der Waals surface area contributed by atoms with Gasteiger partial charge in [0, 0.05) is 0 Å². The fraction of sp³-hybridized carbons (Fsp3) is 0.909. The normalized spacial score (nSPS) is 27.3. The van der Waals surface area contributed by atoms with E-state index < -0.39 is 0 Å². The van der Waals surface area contributed by atoms with Crippen LogP contribution in [0.1, 0.15) is 32.6 Å². The van der Waals surface area contributed by atoms with E-state index in [2.05, 4.69) is 12.2 Å². The van der Waals surface area contributed by atoms with Gasteiger partial charge in [0.15, 0.2) is 0 Å². The Balaban J connectivity index is 2.20. The van der Waals surface area contributed by atoms with Crippen LogP contribution in [0.2, 0.25) is 0 Å². The molecule has 1 saturated carbocycles. The summed E-state index contributed by atoms with van der Waals surface area (Å²) in [6.45, 7) is 4.27. The van der Waals surface area contributed by atoms with Gasteiger partial charge in [-0.05, 0) is 44.7 Å². The summed E-state index contributed by atoms with van der Waals surface area (Å²) in [5.74, 6) is 0.903. The minimum atomic E-state index is -0.0214. The molecule has 0 spiro atoms. The zero-order chi connectivity index (χ0) is 10.4. The highest BCUT2D eigenvalue weighted by Crippen LogP contribution is 2.28. The fourth-order valence-corrected chi connectivity index (χ4v) is 2.12. The summed E-state index contributed by atoms with van der Waals surface area (Å²) >= 11 is 0. The minimum absolute atomic E-state index is 0.0214. The van der Waals surface area contributed by atoms with E-state index in [1.807, 2.05) is 0 Å². The van der Waals surface area contributed by atoms with Crippen LogP contribution in [0.3, 0.4) is 0 Å². The molecule has 0 amide bonds. The van der Waals surface area contributed by atoms with E-state index in [4.69, 9.17) is 4.74 Å². The third-order valence-electron chi connectivity index (χ3n) is 3.06. The molecule has 1 N–H and O–H groups in total. The molecule has 1 fully saturated rings. The van der Waals surface area contributed by atoms with E-state index in [1.165, 1.54) is 7.11 Å². The van der Waals surface area contributed by atoms with Crippen molar-refractivity contribution in [2.45, 2.75) is 32.6 Å². The molecule has 82 valence electrons. The van der Waals surface area contributed by atoms with Gasteiger partial charge < -0.3 is 10.1 Å². The Morgan fingerprint density at radius 1 is 1.36 bits per heavy atom. The zero-order valence-corrected chi connectivity index (χ0v) is 9.21. The molecule has 0 aliphatic heterocycles. The Bertz CT molecular complexity index is 174. The number of hydrogen-bond donors (Lipinski definition) is 1. The van der Waals surface area contributed by atoms with Gasteiger partial charge in [-0.2, -0.15) is 0 Å². The van der Waals surface area contributed by atoms with Crippen LogP contribution in [0.5, 0.6) is 0 Å². The minimum Gasteiger partial charge on any atom is -0.469 e. The quantitative estimate of drug-likeness (QED) is 0.698. The van der Waals surface area contributed by atoms with Crippen molar-refractivity contribution in [1.82, 2.24) is 5.32 Å².